The number of carbonyl (C=O) groups excluding carboxylic acids is 2. The summed E-state index contributed by atoms with van der Waals surface area (Å²) in [5.74, 6) is -0.0130. The van der Waals surface area contributed by atoms with E-state index in [9.17, 15) is 14.7 Å². The maximum Gasteiger partial charge on any atom is 0.167 e. The van der Waals surface area contributed by atoms with Gasteiger partial charge in [0, 0.05) is 16.9 Å². The number of allylic oxidation sites excluding steroid dienone is 3. The number of carbonyl (C=O) groups is 2. The summed E-state index contributed by atoms with van der Waals surface area (Å²) in [6.45, 7) is 7.46. The van der Waals surface area contributed by atoms with Crippen LogP contribution in [0.4, 0.5) is 0 Å². The molecule has 3 aliphatic rings. The molecule has 0 amide bonds. The molecule has 0 bridgehead atoms. The molecule has 0 aliphatic heterocycles. The second-order valence-corrected chi connectivity index (χ2v) is 6.52. The summed E-state index contributed by atoms with van der Waals surface area (Å²) in [4.78, 5) is 24.2. The molecule has 3 nitrogen and oxygen atoms in total. The fourth-order valence-corrected chi connectivity index (χ4v) is 3.77. The molecule has 3 heteroatoms. The van der Waals surface area contributed by atoms with E-state index < -0.39 is 16.9 Å². The topological polar surface area (TPSA) is 54.4 Å². The number of rotatable bonds is 0. The average molecular weight is 246 g/mol. The Kier molecular flexibility index (Phi) is 1.99. The highest BCUT2D eigenvalue weighted by Gasteiger charge is 2.61. The van der Waals surface area contributed by atoms with Gasteiger partial charge in [0.25, 0.3) is 0 Å². The van der Waals surface area contributed by atoms with E-state index in [4.69, 9.17) is 0 Å². The third-order valence-electron chi connectivity index (χ3n) is 5.34. The number of ketones is 2. The lowest BCUT2D eigenvalue weighted by Crippen LogP contribution is -2.38. The van der Waals surface area contributed by atoms with Crippen LogP contribution in [0.5, 0.6) is 0 Å². The highest BCUT2D eigenvalue weighted by Crippen LogP contribution is 2.62. The van der Waals surface area contributed by atoms with Gasteiger partial charge in [0.15, 0.2) is 11.6 Å². The minimum atomic E-state index is -0.760. The lowest BCUT2D eigenvalue weighted by molar-refractivity contribution is -0.125. The molecule has 3 atom stereocenters. The van der Waals surface area contributed by atoms with Gasteiger partial charge in [0.2, 0.25) is 0 Å². The van der Waals surface area contributed by atoms with Crippen molar-refractivity contribution in [3.8, 4) is 0 Å². The summed E-state index contributed by atoms with van der Waals surface area (Å²) < 4.78 is 0. The van der Waals surface area contributed by atoms with Crippen molar-refractivity contribution in [1.82, 2.24) is 0 Å². The van der Waals surface area contributed by atoms with Crippen LogP contribution in [0, 0.1) is 16.7 Å². The average Bonchev–Trinajstić information content (AvgIpc) is 2.76. The molecule has 3 unspecified atom stereocenters. The van der Waals surface area contributed by atoms with Gasteiger partial charge in [-0.2, -0.15) is 0 Å². The molecule has 18 heavy (non-hydrogen) atoms. The molecule has 3 aliphatic carbocycles. The van der Waals surface area contributed by atoms with Gasteiger partial charge in [0.05, 0.1) is 11.5 Å². The smallest absolute Gasteiger partial charge is 0.167 e. The lowest BCUT2D eigenvalue weighted by Gasteiger charge is -2.35. The Hall–Kier alpha value is -1.22. The Bertz CT molecular complexity index is 550. The van der Waals surface area contributed by atoms with E-state index in [1.807, 2.05) is 13.8 Å². The van der Waals surface area contributed by atoms with Crippen LogP contribution in [0.1, 0.15) is 34.1 Å². The third-order valence-corrected chi connectivity index (χ3v) is 5.34. The van der Waals surface area contributed by atoms with E-state index in [2.05, 4.69) is 0 Å². The number of aliphatic hydroxyl groups excluding tert-OH is 1. The van der Waals surface area contributed by atoms with Crippen LogP contribution in [0.25, 0.3) is 0 Å². The standard InChI is InChI=1S/C15H18O3/c1-7-10(16)6-8-5-9-11(15(7,8)4)13(18)14(2,3)12(9)17/h6-7,13,18H,5H2,1-4H3. The molecule has 0 fully saturated rings. The van der Waals surface area contributed by atoms with Gasteiger partial charge in [-0.1, -0.05) is 19.4 Å². The van der Waals surface area contributed by atoms with Crippen LogP contribution < -0.4 is 0 Å². The van der Waals surface area contributed by atoms with Crippen molar-refractivity contribution >= 4 is 11.6 Å². The molecular formula is C15H18O3. The lowest BCUT2D eigenvalue weighted by atomic mass is 9.69. The number of hydrogen-bond donors (Lipinski definition) is 1. The molecule has 0 saturated carbocycles. The van der Waals surface area contributed by atoms with Crippen molar-refractivity contribution in [2.45, 2.75) is 40.2 Å². The van der Waals surface area contributed by atoms with E-state index in [1.165, 1.54) is 0 Å². The minimum Gasteiger partial charge on any atom is -0.388 e. The molecule has 1 N–H and O–H groups in total. The summed E-state index contributed by atoms with van der Waals surface area (Å²) in [6.07, 6.45) is 1.46. The maximum absolute atomic E-state index is 12.4. The Labute approximate surface area is 107 Å². The van der Waals surface area contributed by atoms with E-state index in [0.717, 1.165) is 16.7 Å². The van der Waals surface area contributed by atoms with Crippen LogP contribution in [-0.4, -0.2) is 22.8 Å². The number of aliphatic hydroxyl groups is 1. The molecule has 0 aromatic rings. The fraction of sp³-hybridized carbons (Fsp3) is 0.600. The second kappa shape index (κ2) is 3.02. The quantitative estimate of drug-likeness (QED) is 0.709. The zero-order valence-corrected chi connectivity index (χ0v) is 11.2. The Morgan fingerprint density at radius 2 is 1.89 bits per heavy atom. The Morgan fingerprint density at radius 3 is 2.50 bits per heavy atom. The van der Waals surface area contributed by atoms with Gasteiger partial charge in [-0.05, 0) is 31.9 Å². The van der Waals surface area contributed by atoms with Crippen LogP contribution in [0.2, 0.25) is 0 Å². The van der Waals surface area contributed by atoms with E-state index in [-0.39, 0.29) is 17.5 Å². The highest BCUT2D eigenvalue weighted by molar-refractivity contribution is 6.08. The van der Waals surface area contributed by atoms with Crippen molar-refractivity contribution < 1.29 is 14.7 Å². The number of fused-ring (bicyclic) bond motifs is 2. The molecule has 0 aromatic heterocycles. The number of Topliss-reactive ketones (excluding diaryl/α,β-unsaturated/α-hetero) is 1. The zero-order valence-electron chi connectivity index (χ0n) is 11.2. The molecule has 0 aromatic carbocycles. The first kappa shape index (κ1) is 11.8. The van der Waals surface area contributed by atoms with Crippen LogP contribution in [0.3, 0.4) is 0 Å². The molecule has 3 rings (SSSR count). The van der Waals surface area contributed by atoms with Crippen molar-refractivity contribution in [1.29, 1.82) is 0 Å². The van der Waals surface area contributed by atoms with Gasteiger partial charge in [0.1, 0.15) is 0 Å². The van der Waals surface area contributed by atoms with Crippen molar-refractivity contribution in [3.63, 3.8) is 0 Å². The predicted octanol–water partition coefficient (Wildman–Crippen LogP) is 1.81. The first-order valence-electron chi connectivity index (χ1n) is 6.43. The van der Waals surface area contributed by atoms with Gasteiger partial charge < -0.3 is 5.11 Å². The van der Waals surface area contributed by atoms with Gasteiger partial charge >= 0.3 is 0 Å². The first-order valence-corrected chi connectivity index (χ1v) is 6.43. The van der Waals surface area contributed by atoms with Crippen LogP contribution >= 0.6 is 0 Å². The summed E-state index contributed by atoms with van der Waals surface area (Å²) in [5.41, 5.74) is 1.38. The normalized spacial score (nSPS) is 41.3. The van der Waals surface area contributed by atoms with E-state index in [1.54, 1.807) is 19.9 Å². The van der Waals surface area contributed by atoms with Gasteiger partial charge in [-0.3, -0.25) is 9.59 Å². The van der Waals surface area contributed by atoms with Crippen molar-refractivity contribution in [2.24, 2.45) is 16.7 Å². The molecular weight excluding hydrogens is 228 g/mol. The first-order chi connectivity index (χ1) is 8.22. The predicted molar refractivity (Wildman–Crippen MR) is 66.8 cm³/mol. The largest absolute Gasteiger partial charge is 0.388 e. The van der Waals surface area contributed by atoms with Crippen molar-refractivity contribution in [2.75, 3.05) is 0 Å². The molecule has 0 spiro atoms. The minimum absolute atomic E-state index is 0.0428. The SMILES string of the molecule is CC1C(=O)C=C2CC3=C(C(O)C(C)(C)C3=O)C21C. The highest BCUT2D eigenvalue weighted by atomic mass is 16.3. The third kappa shape index (κ3) is 1.01. The maximum atomic E-state index is 12.4. The molecule has 0 radical (unpaired) electrons. The van der Waals surface area contributed by atoms with Gasteiger partial charge in [-0.25, -0.2) is 0 Å². The summed E-state index contributed by atoms with van der Waals surface area (Å²) in [6, 6.07) is 0. The second-order valence-electron chi connectivity index (χ2n) is 6.52. The van der Waals surface area contributed by atoms with Crippen LogP contribution in [0.15, 0.2) is 22.8 Å². The summed E-state index contributed by atoms with van der Waals surface area (Å²) >= 11 is 0. The molecule has 0 heterocycles. The van der Waals surface area contributed by atoms with Crippen LogP contribution in [-0.2, 0) is 9.59 Å². The molecule has 96 valence electrons. The monoisotopic (exact) mass is 246 g/mol. The number of hydrogen-bond acceptors (Lipinski definition) is 3. The Morgan fingerprint density at radius 1 is 1.28 bits per heavy atom. The Balaban J connectivity index is 2.19. The molecule has 0 saturated heterocycles. The fourth-order valence-electron chi connectivity index (χ4n) is 3.77. The van der Waals surface area contributed by atoms with E-state index in [0.29, 0.717) is 6.42 Å². The van der Waals surface area contributed by atoms with Crippen molar-refractivity contribution in [3.05, 3.63) is 22.8 Å². The van der Waals surface area contributed by atoms with Gasteiger partial charge in [-0.15, -0.1) is 0 Å². The van der Waals surface area contributed by atoms with E-state index >= 15 is 0 Å². The summed E-state index contributed by atoms with van der Waals surface area (Å²) in [7, 11) is 0. The zero-order chi connectivity index (χ0) is 13.5. The summed E-state index contributed by atoms with van der Waals surface area (Å²) in [5, 5.41) is 10.5.